The van der Waals surface area contributed by atoms with Crippen LogP contribution >= 0.6 is 0 Å². The van der Waals surface area contributed by atoms with Gasteiger partial charge in [0.15, 0.2) is 5.76 Å². The van der Waals surface area contributed by atoms with Crippen LogP contribution in [0.2, 0.25) is 0 Å². The van der Waals surface area contributed by atoms with Gasteiger partial charge < -0.3 is 13.7 Å². The van der Waals surface area contributed by atoms with Crippen LogP contribution in [-0.2, 0) is 6.54 Å². The van der Waals surface area contributed by atoms with Gasteiger partial charge in [0.25, 0.3) is 0 Å². The molecule has 2 aromatic heterocycles. The minimum Gasteiger partial charge on any atom is -0.497 e. The second-order valence-corrected chi connectivity index (χ2v) is 7.89. The summed E-state index contributed by atoms with van der Waals surface area (Å²) in [7, 11) is 1.64. The molecule has 0 spiro atoms. The standard InChI is InChI=1S/C24H23FN4O3/c1-30-20-9-7-16(8-10-20)21-13-26-22(31-21)15-29-11-3-5-18(14-29)24-27-23(28-32-24)17-4-2-6-19(25)12-17/h2,4,6-10,12-13,18H,3,5,11,14-15H2,1H3. The van der Waals surface area contributed by atoms with Crippen LogP contribution in [0.3, 0.4) is 0 Å². The first-order chi connectivity index (χ1) is 15.7. The first-order valence-corrected chi connectivity index (χ1v) is 10.6. The monoisotopic (exact) mass is 434 g/mol. The third-order valence-corrected chi connectivity index (χ3v) is 5.67. The van der Waals surface area contributed by atoms with E-state index in [1.54, 1.807) is 25.4 Å². The fraction of sp³-hybridized carbons (Fsp3) is 0.292. The molecule has 1 aliphatic rings. The Hall–Kier alpha value is -3.52. The van der Waals surface area contributed by atoms with Crippen molar-refractivity contribution in [1.82, 2.24) is 20.0 Å². The van der Waals surface area contributed by atoms with Gasteiger partial charge in [0, 0.05) is 17.7 Å². The van der Waals surface area contributed by atoms with E-state index in [4.69, 9.17) is 13.7 Å². The van der Waals surface area contributed by atoms with Gasteiger partial charge >= 0.3 is 0 Å². The molecule has 1 saturated heterocycles. The molecule has 1 unspecified atom stereocenters. The third-order valence-electron chi connectivity index (χ3n) is 5.67. The van der Waals surface area contributed by atoms with Gasteiger partial charge in [-0.15, -0.1) is 0 Å². The third kappa shape index (κ3) is 4.40. The molecule has 32 heavy (non-hydrogen) atoms. The zero-order chi connectivity index (χ0) is 21.9. The molecule has 0 amide bonds. The van der Waals surface area contributed by atoms with Crippen LogP contribution in [-0.4, -0.2) is 40.2 Å². The lowest BCUT2D eigenvalue weighted by atomic mass is 9.98. The van der Waals surface area contributed by atoms with Crippen LogP contribution in [0, 0.1) is 5.82 Å². The average molecular weight is 434 g/mol. The highest BCUT2D eigenvalue weighted by Gasteiger charge is 2.27. The second-order valence-electron chi connectivity index (χ2n) is 7.89. The number of hydrogen-bond donors (Lipinski definition) is 0. The average Bonchev–Trinajstić information content (AvgIpc) is 3.50. The van der Waals surface area contributed by atoms with Crippen molar-refractivity contribution < 1.29 is 18.1 Å². The molecule has 5 rings (SSSR count). The fourth-order valence-electron chi connectivity index (χ4n) is 4.01. The maximum atomic E-state index is 13.5. The summed E-state index contributed by atoms with van der Waals surface area (Å²) in [6, 6.07) is 13.9. The van der Waals surface area contributed by atoms with Crippen molar-refractivity contribution in [2.24, 2.45) is 0 Å². The second kappa shape index (κ2) is 8.92. The molecule has 3 heterocycles. The molecule has 1 aliphatic heterocycles. The first kappa shape index (κ1) is 20.4. The van der Waals surface area contributed by atoms with Crippen LogP contribution < -0.4 is 4.74 Å². The Bertz CT molecular complexity index is 1190. The molecule has 1 atom stereocenters. The Morgan fingerprint density at radius 3 is 2.84 bits per heavy atom. The largest absolute Gasteiger partial charge is 0.497 e. The van der Waals surface area contributed by atoms with E-state index in [9.17, 15) is 4.39 Å². The molecule has 4 aromatic rings. The van der Waals surface area contributed by atoms with Gasteiger partial charge in [-0.05, 0) is 55.8 Å². The lowest BCUT2D eigenvalue weighted by Gasteiger charge is -2.29. The molecule has 2 aromatic carbocycles. The summed E-state index contributed by atoms with van der Waals surface area (Å²) in [6.45, 7) is 2.32. The number of benzene rings is 2. The molecular weight excluding hydrogens is 411 g/mol. The van der Waals surface area contributed by atoms with E-state index in [1.165, 1.54) is 12.1 Å². The summed E-state index contributed by atoms with van der Waals surface area (Å²) in [5.41, 5.74) is 1.57. The SMILES string of the molecule is COc1ccc(-c2cnc(CN3CCCC(c4nc(-c5cccc(F)c5)no4)C3)o2)cc1. The Labute approximate surface area is 184 Å². The maximum Gasteiger partial charge on any atom is 0.231 e. The summed E-state index contributed by atoms with van der Waals surface area (Å²) in [4.78, 5) is 11.3. The Balaban J connectivity index is 1.24. The van der Waals surface area contributed by atoms with Crippen molar-refractivity contribution in [2.45, 2.75) is 25.3 Å². The zero-order valence-corrected chi connectivity index (χ0v) is 17.7. The molecular formula is C24H23FN4O3. The molecule has 0 saturated carbocycles. The Morgan fingerprint density at radius 2 is 2.03 bits per heavy atom. The number of methoxy groups -OCH3 is 1. The zero-order valence-electron chi connectivity index (χ0n) is 17.7. The number of nitrogens with zero attached hydrogens (tertiary/aromatic N) is 4. The predicted molar refractivity (Wildman–Crippen MR) is 115 cm³/mol. The van der Waals surface area contributed by atoms with Gasteiger partial charge in [-0.2, -0.15) is 4.98 Å². The summed E-state index contributed by atoms with van der Waals surface area (Å²) in [5.74, 6) is 2.99. The van der Waals surface area contributed by atoms with E-state index in [-0.39, 0.29) is 11.7 Å². The Morgan fingerprint density at radius 1 is 1.16 bits per heavy atom. The van der Waals surface area contributed by atoms with Gasteiger partial charge in [0.2, 0.25) is 17.6 Å². The van der Waals surface area contributed by atoms with E-state index < -0.39 is 0 Å². The van der Waals surface area contributed by atoms with Crippen molar-refractivity contribution in [3.05, 3.63) is 72.3 Å². The normalized spacial score (nSPS) is 16.9. The summed E-state index contributed by atoms with van der Waals surface area (Å²) in [5, 5.41) is 4.05. The molecule has 0 bridgehead atoms. The topological polar surface area (TPSA) is 77.4 Å². The van der Waals surface area contributed by atoms with Gasteiger partial charge in [0.05, 0.1) is 25.8 Å². The number of hydrogen-bond acceptors (Lipinski definition) is 7. The summed E-state index contributed by atoms with van der Waals surface area (Å²) >= 11 is 0. The minimum absolute atomic E-state index is 0.120. The van der Waals surface area contributed by atoms with E-state index in [0.29, 0.717) is 29.7 Å². The molecule has 1 fully saturated rings. The first-order valence-electron chi connectivity index (χ1n) is 10.6. The van der Waals surface area contributed by atoms with E-state index >= 15 is 0 Å². The highest BCUT2D eigenvalue weighted by atomic mass is 19.1. The van der Waals surface area contributed by atoms with Gasteiger partial charge in [0.1, 0.15) is 11.6 Å². The van der Waals surface area contributed by atoms with Crippen molar-refractivity contribution in [2.75, 3.05) is 20.2 Å². The van der Waals surface area contributed by atoms with Crippen molar-refractivity contribution in [1.29, 1.82) is 0 Å². The maximum absolute atomic E-state index is 13.5. The smallest absolute Gasteiger partial charge is 0.231 e. The number of ether oxygens (including phenoxy) is 1. The molecule has 0 aliphatic carbocycles. The number of oxazole rings is 1. The van der Waals surface area contributed by atoms with Crippen molar-refractivity contribution in [3.8, 4) is 28.5 Å². The summed E-state index contributed by atoms with van der Waals surface area (Å²) in [6.07, 6.45) is 3.72. The van der Waals surface area contributed by atoms with E-state index in [1.807, 2.05) is 24.3 Å². The molecule has 0 N–H and O–H groups in total. The number of rotatable bonds is 6. The fourth-order valence-corrected chi connectivity index (χ4v) is 4.01. The number of halogens is 1. The lowest BCUT2D eigenvalue weighted by Crippen LogP contribution is -2.34. The predicted octanol–water partition coefficient (Wildman–Crippen LogP) is 4.92. The van der Waals surface area contributed by atoms with Gasteiger partial charge in [-0.1, -0.05) is 17.3 Å². The van der Waals surface area contributed by atoms with Gasteiger partial charge in [-0.3, -0.25) is 4.90 Å². The lowest BCUT2D eigenvalue weighted by molar-refractivity contribution is 0.167. The van der Waals surface area contributed by atoms with Crippen molar-refractivity contribution >= 4 is 0 Å². The molecule has 0 radical (unpaired) electrons. The highest BCUT2D eigenvalue weighted by molar-refractivity contribution is 5.57. The van der Waals surface area contributed by atoms with Crippen LogP contribution in [0.1, 0.15) is 30.5 Å². The van der Waals surface area contributed by atoms with E-state index in [0.717, 1.165) is 43.0 Å². The van der Waals surface area contributed by atoms with Crippen molar-refractivity contribution in [3.63, 3.8) is 0 Å². The summed E-state index contributed by atoms with van der Waals surface area (Å²) < 4.78 is 30.2. The number of piperidine rings is 1. The van der Waals surface area contributed by atoms with E-state index in [2.05, 4.69) is 20.0 Å². The van der Waals surface area contributed by atoms with Crippen LogP contribution in [0.15, 0.2) is 63.7 Å². The number of likely N-dealkylation sites (tertiary alicyclic amines) is 1. The molecule has 164 valence electrons. The number of aromatic nitrogens is 3. The Kier molecular flexibility index (Phi) is 5.68. The molecule has 7 nitrogen and oxygen atoms in total. The minimum atomic E-state index is -0.322. The quantitative estimate of drug-likeness (QED) is 0.426. The highest BCUT2D eigenvalue weighted by Crippen LogP contribution is 2.29. The van der Waals surface area contributed by atoms with Crippen LogP contribution in [0.5, 0.6) is 5.75 Å². The van der Waals surface area contributed by atoms with Gasteiger partial charge in [-0.25, -0.2) is 9.37 Å². The van der Waals surface area contributed by atoms with Crippen LogP contribution in [0.4, 0.5) is 4.39 Å². The molecule has 8 heteroatoms. The van der Waals surface area contributed by atoms with Crippen LogP contribution in [0.25, 0.3) is 22.7 Å².